The van der Waals surface area contributed by atoms with Gasteiger partial charge in [-0.15, -0.1) is 0 Å². The van der Waals surface area contributed by atoms with Gasteiger partial charge in [0.1, 0.15) is 18.8 Å². The number of amides is 2. The highest BCUT2D eigenvalue weighted by atomic mass is 32.2. The lowest BCUT2D eigenvalue weighted by atomic mass is 10.0. The zero-order valence-corrected chi connectivity index (χ0v) is 15.4. The standard InChI is InChI=1S/C14H26FN3O5S/c1-6-24(22,23)18-12(8(2)3)14(21)17-10(5)13(20)16-9(4)11(19)7-15/h8-10,12,18H,6-7H2,1-5H3,(H,16,20)(H,17,21). The minimum atomic E-state index is -3.60. The highest BCUT2D eigenvalue weighted by molar-refractivity contribution is 7.89. The summed E-state index contributed by atoms with van der Waals surface area (Å²) >= 11 is 0. The molecular formula is C14H26FN3O5S. The molecule has 0 aliphatic heterocycles. The van der Waals surface area contributed by atoms with Crippen LogP contribution in [0.15, 0.2) is 0 Å². The van der Waals surface area contributed by atoms with Crippen molar-refractivity contribution in [3.63, 3.8) is 0 Å². The van der Waals surface area contributed by atoms with Crippen LogP contribution < -0.4 is 15.4 Å². The largest absolute Gasteiger partial charge is 0.345 e. The van der Waals surface area contributed by atoms with Crippen molar-refractivity contribution in [1.29, 1.82) is 0 Å². The van der Waals surface area contributed by atoms with E-state index in [9.17, 15) is 27.2 Å². The summed E-state index contributed by atoms with van der Waals surface area (Å²) in [7, 11) is -3.60. The molecule has 10 heteroatoms. The monoisotopic (exact) mass is 367 g/mol. The summed E-state index contributed by atoms with van der Waals surface area (Å²) in [6, 6.07) is -3.06. The van der Waals surface area contributed by atoms with Crippen LogP contribution in [-0.2, 0) is 24.4 Å². The summed E-state index contributed by atoms with van der Waals surface area (Å²) in [5.74, 6) is -2.62. The number of hydrogen-bond acceptors (Lipinski definition) is 5. The Kier molecular flexibility index (Phi) is 9.05. The molecule has 3 unspecified atom stereocenters. The molecule has 0 aliphatic rings. The number of Topliss-reactive ketones (excluding diaryl/α,β-unsaturated/α-hetero) is 1. The van der Waals surface area contributed by atoms with Crippen LogP contribution >= 0.6 is 0 Å². The van der Waals surface area contributed by atoms with Gasteiger partial charge in [0.25, 0.3) is 0 Å². The first kappa shape index (κ1) is 22.4. The Balaban J connectivity index is 4.86. The van der Waals surface area contributed by atoms with Crippen molar-refractivity contribution in [2.24, 2.45) is 5.92 Å². The Morgan fingerprint density at radius 1 is 0.958 bits per heavy atom. The quantitative estimate of drug-likeness (QED) is 0.480. The molecule has 0 aromatic carbocycles. The van der Waals surface area contributed by atoms with Gasteiger partial charge in [0.15, 0.2) is 5.78 Å². The predicted molar refractivity (Wildman–Crippen MR) is 87.4 cm³/mol. The number of hydrogen-bond donors (Lipinski definition) is 3. The predicted octanol–water partition coefficient (Wildman–Crippen LogP) is -0.502. The van der Waals surface area contributed by atoms with Gasteiger partial charge in [-0.3, -0.25) is 14.4 Å². The van der Waals surface area contributed by atoms with E-state index in [1.54, 1.807) is 13.8 Å². The molecule has 0 rings (SSSR count). The van der Waals surface area contributed by atoms with Crippen molar-refractivity contribution in [2.75, 3.05) is 12.4 Å². The van der Waals surface area contributed by atoms with E-state index in [-0.39, 0.29) is 11.7 Å². The summed E-state index contributed by atoms with van der Waals surface area (Å²) in [5, 5.41) is 4.67. The van der Waals surface area contributed by atoms with E-state index < -0.39 is 52.4 Å². The lowest BCUT2D eigenvalue weighted by Gasteiger charge is -2.24. The minimum absolute atomic E-state index is 0.178. The Hall–Kier alpha value is -1.55. The lowest BCUT2D eigenvalue weighted by molar-refractivity contribution is -0.131. The summed E-state index contributed by atoms with van der Waals surface area (Å²) in [6.07, 6.45) is 0. The third-order valence-electron chi connectivity index (χ3n) is 3.36. The van der Waals surface area contributed by atoms with Crippen molar-refractivity contribution in [3.8, 4) is 0 Å². The first-order chi connectivity index (χ1) is 10.9. The molecule has 0 bridgehead atoms. The number of ketones is 1. The summed E-state index contributed by atoms with van der Waals surface area (Å²) in [4.78, 5) is 35.3. The molecule has 0 aliphatic carbocycles. The van der Waals surface area contributed by atoms with E-state index in [0.29, 0.717) is 0 Å². The second-order valence-corrected chi connectivity index (χ2v) is 7.85. The average Bonchev–Trinajstić information content (AvgIpc) is 2.51. The molecule has 0 heterocycles. The smallest absolute Gasteiger partial charge is 0.242 e. The SMILES string of the molecule is CCS(=O)(=O)NC(C(=O)NC(C)C(=O)NC(C)C(=O)CF)C(C)C. The third kappa shape index (κ3) is 7.35. The van der Waals surface area contributed by atoms with Gasteiger partial charge >= 0.3 is 0 Å². The molecule has 0 saturated carbocycles. The molecule has 2 amide bonds. The van der Waals surface area contributed by atoms with Crippen LogP contribution in [0.25, 0.3) is 0 Å². The van der Waals surface area contributed by atoms with E-state index in [4.69, 9.17) is 0 Å². The maximum Gasteiger partial charge on any atom is 0.242 e. The van der Waals surface area contributed by atoms with Crippen molar-refractivity contribution in [1.82, 2.24) is 15.4 Å². The number of carbonyl (C=O) groups excluding carboxylic acids is 3. The van der Waals surface area contributed by atoms with Crippen LogP contribution in [0.2, 0.25) is 0 Å². The zero-order chi connectivity index (χ0) is 19.1. The zero-order valence-electron chi connectivity index (χ0n) is 14.6. The molecule has 0 radical (unpaired) electrons. The van der Waals surface area contributed by atoms with Gasteiger partial charge in [0.05, 0.1) is 11.8 Å². The fourth-order valence-electron chi connectivity index (χ4n) is 1.67. The first-order valence-electron chi connectivity index (χ1n) is 7.64. The number of halogens is 1. The molecule has 3 N–H and O–H groups in total. The van der Waals surface area contributed by atoms with Gasteiger partial charge in [-0.1, -0.05) is 13.8 Å². The molecule has 24 heavy (non-hydrogen) atoms. The van der Waals surface area contributed by atoms with Crippen molar-refractivity contribution in [3.05, 3.63) is 0 Å². The summed E-state index contributed by atoms with van der Waals surface area (Å²) in [6.45, 7) is 6.28. The molecule has 0 saturated heterocycles. The number of carbonyl (C=O) groups is 3. The minimum Gasteiger partial charge on any atom is -0.345 e. The molecule has 3 atom stereocenters. The third-order valence-corrected chi connectivity index (χ3v) is 4.73. The van der Waals surface area contributed by atoms with Crippen LogP contribution in [0, 0.1) is 5.92 Å². The van der Waals surface area contributed by atoms with E-state index in [1.807, 2.05) is 0 Å². The van der Waals surface area contributed by atoms with Crippen molar-refractivity contribution in [2.45, 2.75) is 52.7 Å². The number of nitrogens with one attached hydrogen (secondary N) is 3. The number of alkyl halides is 1. The molecule has 140 valence electrons. The maximum atomic E-state index is 12.2. The number of sulfonamides is 1. The number of rotatable bonds is 10. The van der Waals surface area contributed by atoms with E-state index >= 15 is 0 Å². The second kappa shape index (κ2) is 9.67. The van der Waals surface area contributed by atoms with Gasteiger partial charge in [-0.05, 0) is 26.7 Å². The Labute approximate surface area is 142 Å². The first-order valence-corrected chi connectivity index (χ1v) is 9.29. The molecule has 0 aromatic rings. The van der Waals surface area contributed by atoms with E-state index in [1.165, 1.54) is 20.8 Å². The van der Waals surface area contributed by atoms with Crippen LogP contribution in [0.4, 0.5) is 4.39 Å². The molecule has 0 fully saturated rings. The van der Waals surface area contributed by atoms with E-state index in [2.05, 4.69) is 15.4 Å². The van der Waals surface area contributed by atoms with Gasteiger partial charge in [-0.2, -0.15) is 0 Å². The van der Waals surface area contributed by atoms with Gasteiger partial charge in [0, 0.05) is 0 Å². The van der Waals surface area contributed by atoms with Crippen LogP contribution in [-0.4, -0.2) is 56.6 Å². The second-order valence-electron chi connectivity index (χ2n) is 5.80. The molecular weight excluding hydrogens is 341 g/mol. The van der Waals surface area contributed by atoms with Crippen molar-refractivity contribution < 1.29 is 27.2 Å². The van der Waals surface area contributed by atoms with Gasteiger partial charge < -0.3 is 10.6 Å². The Morgan fingerprint density at radius 2 is 1.46 bits per heavy atom. The summed E-state index contributed by atoms with van der Waals surface area (Å²) in [5.41, 5.74) is 0. The molecule has 8 nitrogen and oxygen atoms in total. The highest BCUT2D eigenvalue weighted by Gasteiger charge is 2.29. The average molecular weight is 367 g/mol. The van der Waals surface area contributed by atoms with Crippen LogP contribution in [0.1, 0.15) is 34.6 Å². The fraction of sp³-hybridized carbons (Fsp3) is 0.786. The normalized spacial score (nSPS) is 15.5. The fourth-order valence-corrected chi connectivity index (χ4v) is 2.61. The molecule has 0 aromatic heterocycles. The van der Waals surface area contributed by atoms with Gasteiger partial charge in [0.2, 0.25) is 21.8 Å². The van der Waals surface area contributed by atoms with Gasteiger partial charge in [-0.25, -0.2) is 17.5 Å². The topological polar surface area (TPSA) is 121 Å². The lowest BCUT2D eigenvalue weighted by Crippen LogP contribution is -2.55. The van der Waals surface area contributed by atoms with Crippen LogP contribution in [0.3, 0.4) is 0 Å². The Morgan fingerprint density at radius 3 is 1.88 bits per heavy atom. The van der Waals surface area contributed by atoms with Crippen molar-refractivity contribution >= 4 is 27.6 Å². The Bertz CT molecular complexity index is 565. The highest BCUT2D eigenvalue weighted by Crippen LogP contribution is 2.05. The van der Waals surface area contributed by atoms with Crippen LogP contribution in [0.5, 0.6) is 0 Å². The molecule has 0 spiro atoms. The maximum absolute atomic E-state index is 12.2. The van der Waals surface area contributed by atoms with E-state index in [0.717, 1.165) is 0 Å². The summed E-state index contributed by atoms with van der Waals surface area (Å²) < 4.78 is 37.8.